The molecule has 1 aliphatic rings. The molecule has 0 aliphatic heterocycles. The molecule has 0 bridgehead atoms. The summed E-state index contributed by atoms with van der Waals surface area (Å²) in [7, 11) is 0. The summed E-state index contributed by atoms with van der Waals surface area (Å²) in [5.41, 5.74) is 7.61. The summed E-state index contributed by atoms with van der Waals surface area (Å²) in [6, 6.07) is 3.11. The van der Waals surface area contributed by atoms with Crippen molar-refractivity contribution in [3.05, 3.63) is 23.5 Å². The van der Waals surface area contributed by atoms with Crippen LogP contribution in [0.2, 0.25) is 0 Å². The van der Waals surface area contributed by atoms with Crippen molar-refractivity contribution in [1.29, 1.82) is 0 Å². The molecule has 3 N–H and O–H groups in total. The minimum Gasteiger partial charge on any atom is -0.397 e. The first-order valence-electron chi connectivity index (χ1n) is 6.54. The molecule has 1 aliphatic carbocycles. The Kier molecular flexibility index (Phi) is 4.42. The first-order chi connectivity index (χ1) is 8.66. The Balaban J connectivity index is 1.67. The second kappa shape index (κ2) is 6.05. The van der Waals surface area contributed by atoms with Crippen LogP contribution in [0.3, 0.4) is 0 Å². The van der Waals surface area contributed by atoms with E-state index in [0.717, 1.165) is 37.8 Å². The van der Waals surface area contributed by atoms with Gasteiger partial charge in [-0.3, -0.25) is 0 Å². The molecule has 100 valence electrons. The zero-order valence-electron chi connectivity index (χ0n) is 10.8. The summed E-state index contributed by atoms with van der Waals surface area (Å²) >= 11 is 0. The van der Waals surface area contributed by atoms with Crippen molar-refractivity contribution in [2.24, 2.45) is 5.92 Å². The van der Waals surface area contributed by atoms with Crippen LogP contribution in [0.4, 0.5) is 15.8 Å². The van der Waals surface area contributed by atoms with Gasteiger partial charge in [-0.15, -0.1) is 0 Å². The number of halogens is 1. The molecule has 2 rings (SSSR count). The second-order valence-corrected chi connectivity index (χ2v) is 4.99. The second-order valence-electron chi connectivity index (χ2n) is 4.99. The summed E-state index contributed by atoms with van der Waals surface area (Å²) in [5.74, 6) is 0.555. The van der Waals surface area contributed by atoms with Crippen LogP contribution in [-0.4, -0.2) is 19.8 Å². The minimum atomic E-state index is -0.259. The zero-order valence-corrected chi connectivity index (χ0v) is 10.8. The zero-order chi connectivity index (χ0) is 13.0. The quantitative estimate of drug-likeness (QED) is 0.579. The maximum atomic E-state index is 13.2. The van der Waals surface area contributed by atoms with E-state index in [0.29, 0.717) is 11.3 Å². The van der Waals surface area contributed by atoms with Crippen LogP contribution in [0, 0.1) is 18.7 Å². The minimum absolute atomic E-state index is 0.259. The highest BCUT2D eigenvalue weighted by atomic mass is 19.1. The van der Waals surface area contributed by atoms with E-state index in [9.17, 15) is 4.39 Å². The first kappa shape index (κ1) is 13.1. The molecule has 4 heteroatoms. The van der Waals surface area contributed by atoms with E-state index in [1.54, 1.807) is 13.0 Å². The van der Waals surface area contributed by atoms with Crippen molar-refractivity contribution >= 4 is 11.4 Å². The average Bonchev–Trinajstić information content (AvgIpc) is 3.13. The molecule has 1 aromatic rings. The summed E-state index contributed by atoms with van der Waals surface area (Å²) in [4.78, 5) is 0. The van der Waals surface area contributed by atoms with Crippen LogP contribution in [0.1, 0.15) is 24.8 Å². The number of hydrogen-bond acceptors (Lipinski definition) is 3. The molecule has 1 fully saturated rings. The molecule has 1 aromatic carbocycles. The fraction of sp³-hybridized carbons (Fsp3) is 0.571. The largest absolute Gasteiger partial charge is 0.397 e. The fourth-order valence-corrected chi connectivity index (χ4v) is 1.78. The van der Waals surface area contributed by atoms with Gasteiger partial charge in [-0.05, 0) is 49.8 Å². The normalized spacial score (nSPS) is 14.8. The number of anilines is 2. The molecule has 0 saturated heterocycles. The van der Waals surface area contributed by atoms with Crippen molar-refractivity contribution in [1.82, 2.24) is 0 Å². The lowest BCUT2D eigenvalue weighted by atomic mass is 10.2. The van der Waals surface area contributed by atoms with Crippen LogP contribution >= 0.6 is 0 Å². The Labute approximate surface area is 108 Å². The number of aryl methyl sites for hydroxylation is 1. The Morgan fingerprint density at radius 1 is 1.44 bits per heavy atom. The van der Waals surface area contributed by atoms with E-state index in [4.69, 9.17) is 10.5 Å². The molecular formula is C14H21FN2O. The van der Waals surface area contributed by atoms with Gasteiger partial charge in [-0.2, -0.15) is 0 Å². The number of nitrogen functional groups attached to an aromatic ring is 1. The molecule has 0 spiro atoms. The highest BCUT2D eigenvalue weighted by Gasteiger charge is 2.20. The number of rotatable bonds is 7. The van der Waals surface area contributed by atoms with Crippen molar-refractivity contribution < 1.29 is 9.13 Å². The Hall–Kier alpha value is -1.29. The van der Waals surface area contributed by atoms with Crippen molar-refractivity contribution in [3.63, 3.8) is 0 Å². The van der Waals surface area contributed by atoms with Crippen LogP contribution in [-0.2, 0) is 4.74 Å². The van der Waals surface area contributed by atoms with Gasteiger partial charge in [-0.25, -0.2) is 4.39 Å². The first-order valence-corrected chi connectivity index (χ1v) is 6.54. The standard InChI is InChI=1S/C14H21FN2O/c1-10-7-14(13(16)8-12(10)15)17-5-2-6-18-9-11-3-4-11/h7-8,11,17H,2-6,9,16H2,1H3. The summed E-state index contributed by atoms with van der Waals surface area (Å²) in [6.45, 7) is 4.19. The van der Waals surface area contributed by atoms with Gasteiger partial charge in [0, 0.05) is 19.8 Å². The van der Waals surface area contributed by atoms with Crippen molar-refractivity contribution in [2.45, 2.75) is 26.2 Å². The van der Waals surface area contributed by atoms with Gasteiger partial charge < -0.3 is 15.8 Å². The number of benzene rings is 1. The van der Waals surface area contributed by atoms with Gasteiger partial charge in [-0.1, -0.05) is 0 Å². The van der Waals surface area contributed by atoms with Crippen LogP contribution in [0.15, 0.2) is 12.1 Å². The molecule has 18 heavy (non-hydrogen) atoms. The third-order valence-corrected chi connectivity index (χ3v) is 3.16. The molecule has 0 aromatic heterocycles. The maximum Gasteiger partial charge on any atom is 0.128 e. The van der Waals surface area contributed by atoms with Gasteiger partial charge >= 0.3 is 0 Å². The predicted octanol–water partition coefficient (Wildman–Crippen LogP) is 2.94. The van der Waals surface area contributed by atoms with Crippen LogP contribution < -0.4 is 11.1 Å². The number of nitrogens with one attached hydrogen (secondary N) is 1. The van der Waals surface area contributed by atoms with Gasteiger partial charge in [0.05, 0.1) is 11.4 Å². The third-order valence-electron chi connectivity index (χ3n) is 3.16. The predicted molar refractivity (Wildman–Crippen MR) is 72.2 cm³/mol. The molecular weight excluding hydrogens is 231 g/mol. The van der Waals surface area contributed by atoms with Crippen LogP contribution in [0.5, 0.6) is 0 Å². The highest BCUT2D eigenvalue weighted by Crippen LogP contribution is 2.28. The lowest BCUT2D eigenvalue weighted by Gasteiger charge is -2.11. The third kappa shape index (κ3) is 3.88. The van der Waals surface area contributed by atoms with E-state index >= 15 is 0 Å². The molecule has 0 unspecified atom stereocenters. The topological polar surface area (TPSA) is 47.3 Å². The summed E-state index contributed by atoms with van der Waals surface area (Å²) in [5, 5.41) is 3.21. The van der Waals surface area contributed by atoms with E-state index in [2.05, 4.69) is 5.32 Å². The fourth-order valence-electron chi connectivity index (χ4n) is 1.78. The smallest absolute Gasteiger partial charge is 0.128 e. The van der Waals surface area contributed by atoms with E-state index in [1.165, 1.54) is 18.9 Å². The molecule has 0 atom stereocenters. The van der Waals surface area contributed by atoms with E-state index < -0.39 is 0 Å². The molecule has 0 heterocycles. The lowest BCUT2D eigenvalue weighted by Crippen LogP contribution is -2.08. The summed E-state index contributed by atoms with van der Waals surface area (Å²) in [6.07, 6.45) is 3.58. The monoisotopic (exact) mass is 252 g/mol. The van der Waals surface area contributed by atoms with Crippen molar-refractivity contribution in [2.75, 3.05) is 30.8 Å². The van der Waals surface area contributed by atoms with Gasteiger partial charge in [0.2, 0.25) is 0 Å². The molecule has 0 radical (unpaired) electrons. The van der Waals surface area contributed by atoms with Crippen LogP contribution in [0.25, 0.3) is 0 Å². The molecule has 0 amide bonds. The average molecular weight is 252 g/mol. The van der Waals surface area contributed by atoms with E-state index in [-0.39, 0.29) is 5.82 Å². The van der Waals surface area contributed by atoms with Gasteiger partial charge in [0.25, 0.3) is 0 Å². The Morgan fingerprint density at radius 2 is 2.22 bits per heavy atom. The SMILES string of the molecule is Cc1cc(NCCCOCC2CC2)c(N)cc1F. The highest BCUT2D eigenvalue weighted by molar-refractivity contribution is 5.67. The Bertz CT molecular complexity index is 405. The molecule has 1 saturated carbocycles. The maximum absolute atomic E-state index is 13.2. The van der Waals surface area contributed by atoms with E-state index in [1.807, 2.05) is 0 Å². The molecule has 3 nitrogen and oxygen atoms in total. The number of hydrogen-bond donors (Lipinski definition) is 2. The number of ether oxygens (including phenoxy) is 1. The Morgan fingerprint density at radius 3 is 2.94 bits per heavy atom. The van der Waals surface area contributed by atoms with Crippen molar-refractivity contribution in [3.8, 4) is 0 Å². The van der Waals surface area contributed by atoms with Gasteiger partial charge in [0.15, 0.2) is 0 Å². The lowest BCUT2D eigenvalue weighted by molar-refractivity contribution is 0.124. The van der Waals surface area contributed by atoms with Gasteiger partial charge in [0.1, 0.15) is 5.82 Å². The summed E-state index contributed by atoms with van der Waals surface area (Å²) < 4.78 is 18.7. The number of nitrogens with two attached hydrogens (primary N) is 1.